The van der Waals surface area contributed by atoms with Gasteiger partial charge >= 0.3 is 6.03 Å². The zero-order valence-corrected chi connectivity index (χ0v) is 14.3. The van der Waals surface area contributed by atoms with Crippen molar-refractivity contribution in [3.05, 3.63) is 35.6 Å². The van der Waals surface area contributed by atoms with Crippen LogP contribution >= 0.6 is 0 Å². The fourth-order valence-electron chi connectivity index (χ4n) is 2.97. The van der Waals surface area contributed by atoms with Crippen LogP contribution in [-0.4, -0.2) is 47.8 Å². The molecule has 1 aromatic rings. The molecule has 1 atom stereocenters. The van der Waals surface area contributed by atoms with Gasteiger partial charge < -0.3 is 15.7 Å². The standard InChI is InChI=1S/C18H28FN3O2/c1-2-3-17(23)12-20-18(24)21-16-8-10-22(11-9-16)13-14-4-6-15(19)7-5-14/h4-7,16-17,23H,2-3,8-13H2,1H3,(H2,20,21,24). The van der Waals surface area contributed by atoms with Gasteiger partial charge in [0.05, 0.1) is 6.10 Å². The minimum absolute atomic E-state index is 0.165. The molecule has 2 rings (SSSR count). The van der Waals surface area contributed by atoms with Crippen molar-refractivity contribution in [1.29, 1.82) is 0 Å². The molecule has 3 N–H and O–H groups in total. The van der Waals surface area contributed by atoms with E-state index in [1.54, 1.807) is 0 Å². The number of benzene rings is 1. The Kier molecular flexibility index (Phi) is 7.46. The van der Waals surface area contributed by atoms with E-state index in [0.717, 1.165) is 44.5 Å². The summed E-state index contributed by atoms with van der Waals surface area (Å²) in [6.45, 7) is 4.91. The summed E-state index contributed by atoms with van der Waals surface area (Å²) in [7, 11) is 0. The second-order valence-corrected chi connectivity index (χ2v) is 6.47. The van der Waals surface area contributed by atoms with Crippen LogP contribution in [0.25, 0.3) is 0 Å². The number of hydrogen-bond acceptors (Lipinski definition) is 3. The number of halogens is 1. The molecule has 1 fully saturated rings. The third-order valence-electron chi connectivity index (χ3n) is 4.36. The SMILES string of the molecule is CCCC(O)CNC(=O)NC1CCN(Cc2ccc(F)cc2)CC1. The second kappa shape index (κ2) is 9.59. The van der Waals surface area contributed by atoms with Crippen LogP contribution in [-0.2, 0) is 6.54 Å². The van der Waals surface area contributed by atoms with Crippen molar-refractivity contribution in [2.24, 2.45) is 0 Å². The summed E-state index contributed by atoms with van der Waals surface area (Å²) >= 11 is 0. The Morgan fingerprint density at radius 1 is 1.33 bits per heavy atom. The lowest BCUT2D eigenvalue weighted by molar-refractivity contribution is 0.157. The maximum absolute atomic E-state index is 12.9. The fourth-order valence-corrected chi connectivity index (χ4v) is 2.97. The molecule has 0 spiro atoms. The highest BCUT2D eigenvalue weighted by atomic mass is 19.1. The molecule has 134 valence electrons. The number of nitrogens with one attached hydrogen (secondary N) is 2. The van der Waals surface area contributed by atoms with Gasteiger partial charge in [-0.25, -0.2) is 9.18 Å². The molecule has 6 heteroatoms. The first-order valence-electron chi connectivity index (χ1n) is 8.76. The highest BCUT2D eigenvalue weighted by molar-refractivity contribution is 5.74. The van der Waals surface area contributed by atoms with Gasteiger partial charge in [-0.1, -0.05) is 25.5 Å². The van der Waals surface area contributed by atoms with E-state index in [1.807, 2.05) is 19.1 Å². The predicted molar refractivity (Wildman–Crippen MR) is 92.1 cm³/mol. The molecule has 0 aromatic heterocycles. The highest BCUT2D eigenvalue weighted by Crippen LogP contribution is 2.14. The summed E-state index contributed by atoms with van der Waals surface area (Å²) < 4.78 is 12.9. The van der Waals surface area contributed by atoms with Crippen molar-refractivity contribution in [3.63, 3.8) is 0 Å². The molecule has 1 saturated heterocycles. The number of aliphatic hydroxyl groups is 1. The maximum Gasteiger partial charge on any atom is 0.315 e. The highest BCUT2D eigenvalue weighted by Gasteiger charge is 2.20. The van der Waals surface area contributed by atoms with Crippen molar-refractivity contribution in [2.75, 3.05) is 19.6 Å². The topological polar surface area (TPSA) is 64.6 Å². The van der Waals surface area contributed by atoms with Gasteiger partial charge in [0.25, 0.3) is 0 Å². The van der Waals surface area contributed by atoms with Gasteiger partial charge in [-0.05, 0) is 37.0 Å². The van der Waals surface area contributed by atoms with E-state index in [4.69, 9.17) is 0 Å². The Morgan fingerprint density at radius 2 is 2.00 bits per heavy atom. The molecular weight excluding hydrogens is 309 g/mol. The maximum atomic E-state index is 12.9. The van der Waals surface area contributed by atoms with Gasteiger partial charge in [-0.2, -0.15) is 0 Å². The van der Waals surface area contributed by atoms with Crippen LogP contribution < -0.4 is 10.6 Å². The first-order chi connectivity index (χ1) is 11.6. The van der Waals surface area contributed by atoms with Crippen LogP contribution in [0.3, 0.4) is 0 Å². The van der Waals surface area contributed by atoms with E-state index < -0.39 is 6.10 Å². The average molecular weight is 337 g/mol. The van der Waals surface area contributed by atoms with Gasteiger partial charge in [-0.15, -0.1) is 0 Å². The third kappa shape index (κ3) is 6.45. The quantitative estimate of drug-likeness (QED) is 0.715. The minimum atomic E-state index is -0.474. The normalized spacial score (nSPS) is 17.5. The molecule has 0 saturated carbocycles. The molecule has 2 amide bonds. The number of urea groups is 1. The zero-order chi connectivity index (χ0) is 17.4. The lowest BCUT2D eigenvalue weighted by Gasteiger charge is -2.32. The molecule has 0 aliphatic carbocycles. The summed E-state index contributed by atoms with van der Waals surface area (Å²) in [4.78, 5) is 14.2. The van der Waals surface area contributed by atoms with Crippen LogP contribution in [0.5, 0.6) is 0 Å². The fraction of sp³-hybridized carbons (Fsp3) is 0.611. The summed E-state index contributed by atoms with van der Waals surface area (Å²) in [6.07, 6.45) is 2.91. The molecule has 1 unspecified atom stereocenters. The van der Waals surface area contributed by atoms with Crippen LogP contribution in [0, 0.1) is 5.82 Å². The number of amides is 2. The van der Waals surface area contributed by atoms with Crippen LogP contribution in [0.15, 0.2) is 24.3 Å². The second-order valence-electron chi connectivity index (χ2n) is 6.47. The Balaban J connectivity index is 1.65. The Labute approximate surface area is 143 Å². The molecule has 1 aliphatic rings. The number of likely N-dealkylation sites (tertiary alicyclic amines) is 1. The number of aliphatic hydroxyl groups excluding tert-OH is 1. The minimum Gasteiger partial charge on any atom is -0.391 e. The molecule has 0 radical (unpaired) electrons. The van der Waals surface area contributed by atoms with E-state index in [-0.39, 0.29) is 17.9 Å². The molecule has 5 nitrogen and oxygen atoms in total. The molecular formula is C18H28FN3O2. The Hall–Kier alpha value is -1.66. The molecule has 1 aromatic carbocycles. The smallest absolute Gasteiger partial charge is 0.315 e. The molecule has 1 aliphatic heterocycles. The van der Waals surface area contributed by atoms with Crippen molar-refractivity contribution in [1.82, 2.24) is 15.5 Å². The van der Waals surface area contributed by atoms with Gasteiger partial charge in [0.2, 0.25) is 0 Å². The van der Waals surface area contributed by atoms with E-state index in [1.165, 1.54) is 12.1 Å². The lowest BCUT2D eigenvalue weighted by Crippen LogP contribution is -2.48. The zero-order valence-electron chi connectivity index (χ0n) is 14.3. The predicted octanol–water partition coefficient (Wildman–Crippen LogP) is 2.25. The van der Waals surface area contributed by atoms with Crippen molar-refractivity contribution >= 4 is 6.03 Å². The number of hydrogen-bond donors (Lipinski definition) is 3. The number of nitrogens with zero attached hydrogens (tertiary/aromatic N) is 1. The van der Waals surface area contributed by atoms with Gasteiger partial charge in [-0.3, -0.25) is 4.90 Å². The Bertz CT molecular complexity index is 501. The number of carbonyl (C=O) groups excluding carboxylic acids is 1. The largest absolute Gasteiger partial charge is 0.391 e. The first kappa shape index (κ1) is 18.7. The Morgan fingerprint density at radius 3 is 2.62 bits per heavy atom. The van der Waals surface area contributed by atoms with E-state index in [0.29, 0.717) is 13.0 Å². The summed E-state index contributed by atoms with van der Waals surface area (Å²) in [5.41, 5.74) is 1.10. The lowest BCUT2D eigenvalue weighted by atomic mass is 10.0. The summed E-state index contributed by atoms with van der Waals surface area (Å²) in [6, 6.07) is 6.56. The van der Waals surface area contributed by atoms with Crippen LogP contribution in [0.4, 0.5) is 9.18 Å². The van der Waals surface area contributed by atoms with Gasteiger partial charge in [0.1, 0.15) is 5.82 Å². The van der Waals surface area contributed by atoms with Crippen molar-refractivity contribution in [2.45, 2.75) is 51.3 Å². The molecule has 24 heavy (non-hydrogen) atoms. The van der Waals surface area contributed by atoms with Crippen LogP contribution in [0.1, 0.15) is 38.2 Å². The summed E-state index contributed by atoms with van der Waals surface area (Å²) in [5, 5.41) is 15.3. The third-order valence-corrected chi connectivity index (χ3v) is 4.36. The average Bonchev–Trinajstić information content (AvgIpc) is 2.57. The summed E-state index contributed by atoms with van der Waals surface area (Å²) in [5.74, 6) is -0.211. The van der Waals surface area contributed by atoms with Crippen molar-refractivity contribution in [3.8, 4) is 0 Å². The molecule has 0 bridgehead atoms. The first-order valence-corrected chi connectivity index (χ1v) is 8.76. The number of carbonyl (C=O) groups is 1. The monoisotopic (exact) mass is 337 g/mol. The number of piperidine rings is 1. The van der Waals surface area contributed by atoms with Crippen LogP contribution in [0.2, 0.25) is 0 Å². The van der Waals surface area contributed by atoms with E-state index in [2.05, 4.69) is 15.5 Å². The van der Waals surface area contributed by atoms with E-state index in [9.17, 15) is 14.3 Å². The van der Waals surface area contributed by atoms with Gasteiger partial charge in [0, 0.05) is 32.2 Å². The molecule has 1 heterocycles. The van der Waals surface area contributed by atoms with Gasteiger partial charge in [0.15, 0.2) is 0 Å². The van der Waals surface area contributed by atoms with Crippen molar-refractivity contribution < 1.29 is 14.3 Å². The van der Waals surface area contributed by atoms with E-state index >= 15 is 0 Å². The number of rotatable bonds is 7.